The standard InChI is InChI=1S/C11H19NO3/c1-5-8(4)10(11(14)15)12-9(13)6-7(2)3/h6,8,10H,5H2,1-4H3,(H,12,13)(H,14,15)/t8-,10-/m0/s1. The first-order valence-electron chi connectivity index (χ1n) is 5.06. The summed E-state index contributed by atoms with van der Waals surface area (Å²) in [5, 5.41) is 11.4. The van der Waals surface area contributed by atoms with Gasteiger partial charge in [0.15, 0.2) is 0 Å². The second-order valence-corrected chi connectivity index (χ2v) is 3.93. The third-order valence-corrected chi connectivity index (χ3v) is 2.20. The molecule has 0 aliphatic heterocycles. The van der Waals surface area contributed by atoms with Gasteiger partial charge in [0.1, 0.15) is 6.04 Å². The van der Waals surface area contributed by atoms with Crippen LogP contribution in [0.1, 0.15) is 34.1 Å². The summed E-state index contributed by atoms with van der Waals surface area (Å²) in [7, 11) is 0. The topological polar surface area (TPSA) is 66.4 Å². The predicted molar refractivity (Wildman–Crippen MR) is 58.5 cm³/mol. The molecule has 0 heterocycles. The van der Waals surface area contributed by atoms with Gasteiger partial charge in [0.05, 0.1) is 0 Å². The van der Waals surface area contributed by atoms with Crippen LogP contribution >= 0.6 is 0 Å². The summed E-state index contributed by atoms with van der Waals surface area (Å²) in [6.45, 7) is 7.28. The molecular weight excluding hydrogens is 194 g/mol. The number of amides is 1. The van der Waals surface area contributed by atoms with Gasteiger partial charge in [-0.25, -0.2) is 4.79 Å². The normalized spacial score (nSPS) is 13.9. The first-order valence-corrected chi connectivity index (χ1v) is 5.06. The maximum Gasteiger partial charge on any atom is 0.326 e. The van der Waals surface area contributed by atoms with Crippen molar-refractivity contribution in [3.05, 3.63) is 11.6 Å². The van der Waals surface area contributed by atoms with Gasteiger partial charge in [-0.2, -0.15) is 0 Å². The fraction of sp³-hybridized carbons (Fsp3) is 0.636. The number of carboxylic acids is 1. The minimum atomic E-state index is -0.986. The molecule has 86 valence electrons. The molecule has 0 radical (unpaired) electrons. The maximum absolute atomic E-state index is 11.3. The van der Waals surface area contributed by atoms with E-state index in [-0.39, 0.29) is 11.8 Å². The van der Waals surface area contributed by atoms with Crippen LogP contribution in [-0.4, -0.2) is 23.0 Å². The number of hydrogen-bond donors (Lipinski definition) is 2. The molecule has 0 aromatic rings. The fourth-order valence-electron chi connectivity index (χ4n) is 1.14. The smallest absolute Gasteiger partial charge is 0.326 e. The SMILES string of the molecule is CC[C@H](C)[C@H](NC(=O)C=C(C)C)C(=O)O. The quantitative estimate of drug-likeness (QED) is 0.681. The van der Waals surface area contributed by atoms with E-state index < -0.39 is 12.0 Å². The molecule has 0 spiro atoms. The van der Waals surface area contributed by atoms with Gasteiger partial charge in [0.25, 0.3) is 0 Å². The van der Waals surface area contributed by atoms with Gasteiger partial charge in [0, 0.05) is 6.08 Å². The van der Waals surface area contributed by atoms with Crippen molar-refractivity contribution < 1.29 is 14.7 Å². The van der Waals surface area contributed by atoms with Crippen LogP contribution in [0.15, 0.2) is 11.6 Å². The number of carbonyl (C=O) groups is 2. The highest BCUT2D eigenvalue weighted by Crippen LogP contribution is 2.07. The Morgan fingerprint density at radius 2 is 1.93 bits per heavy atom. The van der Waals surface area contributed by atoms with Crippen LogP contribution in [0.3, 0.4) is 0 Å². The number of aliphatic carboxylic acids is 1. The maximum atomic E-state index is 11.3. The second-order valence-electron chi connectivity index (χ2n) is 3.93. The Kier molecular flexibility index (Phi) is 5.67. The molecule has 2 N–H and O–H groups in total. The van der Waals surface area contributed by atoms with Crippen molar-refractivity contribution in [2.45, 2.75) is 40.2 Å². The zero-order chi connectivity index (χ0) is 12.0. The average Bonchev–Trinajstić information content (AvgIpc) is 2.11. The summed E-state index contributed by atoms with van der Waals surface area (Å²) in [6.07, 6.45) is 2.12. The molecule has 1 amide bonds. The van der Waals surface area contributed by atoms with Crippen LogP contribution in [0, 0.1) is 5.92 Å². The summed E-state index contributed by atoms with van der Waals surface area (Å²) in [4.78, 5) is 22.2. The first kappa shape index (κ1) is 13.7. The number of carbonyl (C=O) groups excluding carboxylic acids is 1. The molecule has 0 fully saturated rings. The number of hydrogen-bond acceptors (Lipinski definition) is 2. The van der Waals surface area contributed by atoms with E-state index in [9.17, 15) is 9.59 Å². The lowest BCUT2D eigenvalue weighted by Crippen LogP contribution is -2.44. The minimum absolute atomic E-state index is 0.0722. The van der Waals surface area contributed by atoms with E-state index >= 15 is 0 Å². The molecule has 0 aliphatic rings. The van der Waals surface area contributed by atoms with Crippen LogP contribution in [0.2, 0.25) is 0 Å². The lowest BCUT2D eigenvalue weighted by atomic mass is 9.99. The van der Waals surface area contributed by atoms with E-state index in [1.807, 2.05) is 13.8 Å². The second kappa shape index (κ2) is 6.22. The third kappa shape index (κ3) is 5.20. The molecular formula is C11H19NO3. The van der Waals surface area contributed by atoms with Crippen molar-refractivity contribution in [3.63, 3.8) is 0 Å². The summed E-state index contributed by atoms with van der Waals surface area (Å²) in [5.41, 5.74) is 0.848. The molecule has 0 aromatic carbocycles. The predicted octanol–water partition coefficient (Wildman–Crippen LogP) is 1.57. The van der Waals surface area contributed by atoms with Gasteiger partial charge in [-0.05, 0) is 19.8 Å². The highest BCUT2D eigenvalue weighted by Gasteiger charge is 2.24. The van der Waals surface area contributed by atoms with Crippen LogP contribution in [-0.2, 0) is 9.59 Å². The molecule has 0 bridgehead atoms. The highest BCUT2D eigenvalue weighted by molar-refractivity contribution is 5.91. The van der Waals surface area contributed by atoms with Crippen molar-refractivity contribution in [3.8, 4) is 0 Å². The monoisotopic (exact) mass is 213 g/mol. The molecule has 0 saturated heterocycles. The molecule has 15 heavy (non-hydrogen) atoms. The van der Waals surface area contributed by atoms with Gasteiger partial charge in [-0.3, -0.25) is 4.79 Å². The van der Waals surface area contributed by atoms with Crippen LogP contribution < -0.4 is 5.32 Å². The van der Waals surface area contributed by atoms with E-state index in [0.717, 1.165) is 5.57 Å². The summed E-state index contributed by atoms with van der Waals surface area (Å²) in [6, 6.07) is -0.807. The fourth-order valence-corrected chi connectivity index (χ4v) is 1.14. The number of nitrogens with one attached hydrogen (secondary N) is 1. The number of carboxylic acid groups (broad SMARTS) is 1. The van der Waals surface area contributed by atoms with Crippen molar-refractivity contribution in [1.29, 1.82) is 0 Å². The first-order chi connectivity index (χ1) is 6.88. The summed E-state index contributed by atoms with van der Waals surface area (Å²) >= 11 is 0. The Bertz CT molecular complexity index is 267. The minimum Gasteiger partial charge on any atom is -0.480 e. The van der Waals surface area contributed by atoms with Gasteiger partial charge < -0.3 is 10.4 Å². The Morgan fingerprint density at radius 1 is 1.40 bits per heavy atom. The lowest BCUT2D eigenvalue weighted by Gasteiger charge is -2.19. The van der Waals surface area contributed by atoms with E-state index in [0.29, 0.717) is 6.42 Å². The van der Waals surface area contributed by atoms with Crippen molar-refractivity contribution in [2.24, 2.45) is 5.92 Å². The molecule has 0 unspecified atom stereocenters. The van der Waals surface area contributed by atoms with Crippen molar-refractivity contribution in [2.75, 3.05) is 0 Å². The molecule has 4 nitrogen and oxygen atoms in total. The summed E-state index contributed by atoms with van der Waals surface area (Å²) in [5.74, 6) is -1.40. The number of allylic oxidation sites excluding steroid dienone is 1. The Balaban J connectivity index is 4.49. The Morgan fingerprint density at radius 3 is 2.27 bits per heavy atom. The van der Waals surface area contributed by atoms with E-state index in [2.05, 4.69) is 5.32 Å². The van der Waals surface area contributed by atoms with E-state index in [1.165, 1.54) is 6.08 Å². The van der Waals surface area contributed by atoms with E-state index in [1.54, 1.807) is 13.8 Å². The highest BCUT2D eigenvalue weighted by atomic mass is 16.4. The molecule has 2 atom stereocenters. The Labute approximate surface area is 90.4 Å². The molecule has 4 heteroatoms. The van der Waals surface area contributed by atoms with Crippen molar-refractivity contribution in [1.82, 2.24) is 5.32 Å². The van der Waals surface area contributed by atoms with Gasteiger partial charge in [-0.1, -0.05) is 25.8 Å². The van der Waals surface area contributed by atoms with Crippen LogP contribution in [0.4, 0.5) is 0 Å². The van der Waals surface area contributed by atoms with Crippen LogP contribution in [0.5, 0.6) is 0 Å². The number of rotatable bonds is 5. The Hall–Kier alpha value is -1.32. The van der Waals surface area contributed by atoms with E-state index in [4.69, 9.17) is 5.11 Å². The van der Waals surface area contributed by atoms with Gasteiger partial charge in [0.2, 0.25) is 5.91 Å². The molecule has 0 saturated carbocycles. The summed E-state index contributed by atoms with van der Waals surface area (Å²) < 4.78 is 0. The lowest BCUT2D eigenvalue weighted by molar-refractivity contribution is -0.142. The van der Waals surface area contributed by atoms with Crippen molar-refractivity contribution >= 4 is 11.9 Å². The van der Waals surface area contributed by atoms with Crippen LogP contribution in [0.25, 0.3) is 0 Å². The average molecular weight is 213 g/mol. The molecule has 0 aliphatic carbocycles. The molecule has 0 aromatic heterocycles. The van der Waals surface area contributed by atoms with Gasteiger partial charge in [-0.15, -0.1) is 0 Å². The van der Waals surface area contributed by atoms with Gasteiger partial charge >= 0.3 is 5.97 Å². The molecule has 0 rings (SSSR count). The largest absolute Gasteiger partial charge is 0.480 e. The third-order valence-electron chi connectivity index (χ3n) is 2.20. The zero-order valence-corrected chi connectivity index (χ0v) is 9.70. The zero-order valence-electron chi connectivity index (χ0n) is 9.70.